The van der Waals surface area contributed by atoms with E-state index in [1.165, 1.54) is 87.7 Å². The van der Waals surface area contributed by atoms with Gasteiger partial charge in [-0.2, -0.15) is 38.8 Å². The van der Waals surface area contributed by atoms with Crippen molar-refractivity contribution >= 4 is 108 Å². The first-order chi connectivity index (χ1) is 37.6. The van der Waals surface area contributed by atoms with Crippen molar-refractivity contribution in [2.75, 3.05) is 20.3 Å². The molecule has 0 radical (unpaired) electrons. The molecular weight excluding hydrogens is 1130 g/mol. The zero-order chi connectivity index (χ0) is 58.2. The van der Waals surface area contributed by atoms with Crippen LogP contribution in [0.15, 0.2) is 162 Å². The predicted molar refractivity (Wildman–Crippen MR) is 285 cm³/mol. The van der Waals surface area contributed by atoms with Gasteiger partial charge in [0.1, 0.15) is 71.0 Å². The molecule has 80 heavy (non-hydrogen) atoms. The van der Waals surface area contributed by atoms with Gasteiger partial charge in [0.15, 0.2) is 17.2 Å². The second-order valence-corrected chi connectivity index (χ2v) is 22.4. The normalized spacial score (nSPS) is 12.8. The van der Waals surface area contributed by atoms with Crippen LogP contribution in [-0.2, 0) is 40.5 Å². The lowest BCUT2D eigenvalue weighted by Crippen LogP contribution is -2.14. The molecule has 0 aliphatic heterocycles. The number of hydrogen-bond donors (Lipinski definition) is 7. The molecule has 0 saturated heterocycles. The van der Waals surface area contributed by atoms with Crippen LogP contribution in [0.3, 0.4) is 0 Å². The number of fused-ring (bicyclic) bond motifs is 2. The summed E-state index contributed by atoms with van der Waals surface area (Å²) < 4.78 is 156. The highest BCUT2D eigenvalue weighted by molar-refractivity contribution is 7.86. The lowest BCUT2D eigenvalue weighted by atomic mass is 10.1. The van der Waals surface area contributed by atoms with Crippen molar-refractivity contribution in [1.82, 2.24) is 9.78 Å². The Kier molecular flexibility index (Phi) is 15.8. The number of H-pyrrole nitrogens is 1. The molecule has 0 unspecified atom stereocenters. The number of nitrogens with zero attached hydrogens (tertiary/aromatic N) is 9. The molecule has 0 atom stereocenters. The first-order valence-corrected chi connectivity index (χ1v) is 28.6. The van der Waals surface area contributed by atoms with E-state index in [1.54, 1.807) is 13.8 Å². The molecule has 7 N–H and O–H groups in total. The summed E-state index contributed by atoms with van der Waals surface area (Å²) in [7, 11) is -18.4. The number of nitrogens with one attached hydrogen (secondary N) is 1. The number of phenolic OH excluding ortho intramolecular Hbond substituents is 2. The van der Waals surface area contributed by atoms with Crippen molar-refractivity contribution in [2.24, 2.45) is 40.9 Å². The first kappa shape index (κ1) is 57.3. The molecule has 0 bridgehead atoms. The average molecular weight is 1180 g/mol. The molecule has 32 heteroatoms. The largest absolute Gasteiger partial charge is 0.505 e. The number of aryl methyl sites for hydroxylation is 2. The Labute approximate surface area is 453 Å². The second kappa shape index (κ2) is 22.1. The first-order valence-electron chi connectivity index (χ1n) is 22.8. The number of hydrogen-bond acceptors (Lipinski definition) is 22. The standard InChI is InChI=1S/C48H42N10O18S4/c1-6-75-37-22-35(38(76-7-2)21-34(37)52-51-33-16-24(3)40(78(65,66)67)23-36(33)74-5)53-56-45-41(79(68,69)70)19-26-17-28(12-14-30(26)46(45)59)49-54-43-25(4)57-58(48(43)61)29-13-15-31-27(18-29)20-42(80(71,72)73)44(47(31)60)55-50-32-10-8-9-11-39(32)77(62,63)64/h8-23,57,59-60H,6-7H2,1-5H3,(H,62,63,64)(H,65,66,67)(H,68,69,70)(H,71,72,73). The van der Waals surface area contributed by atoms with Crippen LogP contribution in [0.5, 0.6) is 28.7 Å². The zero-order valence-electron chi connectivity index (χ0n) is 41.9. The van der Waals surface area contributed by atoms with E-state index in [2.05, 4.69) is 46.0 Å². The Hall–Kier alpha value is -8.89. The van der Waals surface area contributed by atoms with Gasteiger partial charge in [-0.15, -0.1) is 35.8 Å². The van der Waals surface area contributed by atoms with Crippen molar-refractivity contribution < 1.29 is 76.3 Å². The number of phenols is 2. The van der Waals surface area contributed by atoms with Crippen LogP contribution >= 0.6 is 0 Å². The summed E-state index contributed by atoms with van der Waals surface area (Å²) in [6.45, 7) is 6.42. The van der Waals surface area contributed by atoms with Crippen molar-refractivity contribution in [1.29, 1.82) is 0 Å². The molecule has 8 rings (SSSR count). The van der Waals surface area contributed by atoms with E-state index >= 15 is 0 Å². The number of aromatic nitrogens is 2. The Balaban J connectivity index is 1.11. The van der Waals surface area contributed by atoms with Crippen LogP contribution in [0, 0.1) is 13.8 Å². The van der Waals surface area contributed by atoms with Gasteiger partial charge in [0.05, 0.1) is 37.4 Å². The quantitative estimate of drug-likeness (QED) is 0.0310. The van der Waals surface area contributed by atoms with Gasteiger partial charge in [-0.05, 0) is 111 Å². The topological polar surface area (TPSA) is 422 Å². The van der Waals surface area contributed by atoms with Crippen molar-refractivity contribution in [3.05, 3.63) is 119 Å². The van der Waals surface area contributed by atoms with Gasteiger partial charge in [0.25, 0.3) is 46.0 Å². The third-order valence-electron chi connectivity index (χ3n) is 11.5. The van der Waals surface area contributed by atoms with Gasteiger partial charge in [-0.3, -0.25) is 28.1 Å². The summed E-state index contributed by atoms with van der Waals surface area (Å²) in [6.07, 6.45) is 0. The third-order valence-corrected chi connectivity index (χ3v) is 15.1. The number of ether oxygens (including phenoxy) is 3. The summed E-state index contributed by atoms with van der Waals surface area (Å²) in [5.41, 5.74) is -2.36. The monoisotopic (exact) mass is 1170 g/mol. The molecular formula is C48H42N10O18S4. The van der Waals surface area contributed by atoms with Gasteiger partial charge in [-0.1, -0.05) is 12.1 Å². The molecule has 0 fully saturated rings. The molecule has 0 aliphatic rings. The van der Waals surface area contributed by atoms with Gasteiger partial charge < -0.3 is 24.4 Å². The fourth-order valence-corrected chi connectivity index (χ4v) is 10.6. The van der Waals surface area contributed by atoms with Gasteiger partial charge in [-0.25, -0.2) is 4.68 Å². The maximum absolute atomic E-state index is 13.8. The SMILES string of the molecule is CCOc1cc(N=Nc2c(S(=O)(=O)O)cc3cc(N=Nc4c(C)[nH]n(-c5ccc6c(O)c(N=Nc7ccccc7S(=O)(=O)O)c(S(=O)(=O)O)cc6c5)c4=O)ccc3c2O)c(OCC)cc1N=Nc1cc(C)c(S(=O)(=O)O)cc1OC. The fraction of sp³-hybridized carbons (Fsp3) is 0.146. The number of aromatic amines is 1. The van der Waals surface area contributed by atoms with E-state index in [-0.39, 0.29) is 97.4 Å². The van der Waals surface area contributed by atoms with Crippen LogP contribution < -0.4 is 19.8 Å². The number of azo groups is 4. The lowest BCUT2D eigenvalue weighted by molar-refractivity contribution is 0.332. The molecule has 0 spiro atoms. The molecule has 416 valence electrons. The van der Waals surface area contributed by atoms with Crippen LogP contribution in [0.1, 0.15) is 25.1 Å². The smallest absolute Gasteiger partial charge is 0.299 e. The molecule has 28 nitrogen and oxygen atoms in total. The van der Waals surface area contributed by atoms with Crippen LogP contribution in [0.2, 0.25) is 0 Å². The van der Waals surface area contributed by atoms with E-state index in [1.807, 2.05) is 0 Å². The van der Waals surface area contributed by atoms with E-state index in [9.17, 15) is 66.9 Å². The van der Waals surface area contributed by atoms with Crippen LogP contribution in [0.25, 0.3) is 27.2 Å². The molecule has 0 saturated carbocycles. The van der Waals surface area contributed by atoms with E-state index in [0.29, 0.717) is 0 Å². The Morgan fingerprint density at radius 3 is 1.50 bits per heavy atom. The molecule has 1 heterocycles. The maximum Gasteiger partial charge on any atom is 0.299 e. The summed E-state index contributed by atoms with van der Waals surface area (Å²) in [4.78, 5) is 10.9. The van der Waals surface area contributed by atoms with Crippen LogP contribution in [-0.4, -0.2) is 92.2 Å². The summed E-state index contributed by atoms with van der Waals surface area (Å²) in [5.74, 6) is -1.48. The molecule has 0 aliphatic carbocycles. The van der Waals surface area contributed by atoms with Crippen molar-refractivity contribution in [3.63, 3.8) is 0 Å². The average Bonchev–Trinajstić information content (AvgIpc) is 3.70. The number of rotatable bonds is 18. The van der Waals surface area contributed by atoms with Crippen LogP contribution in [0.4, 0.5) is 45.5 Å². The number of aromatic hydroxyl groups is 2. The highest BCUT2D eigenvalue weighted by Crippen LogP contribution is 2.47. The summed E-state index contributed by atoms with van der Waals surface area (Å²) >= 11 is 0. The maximum atomic E-state index is 13.8. The number of benzene rings is 7. The van der Waals surface area contributed by atoms with Gasteiger partial charge in [0, 0.05) is 29.0 Å². The Morgan fingerprint density at radius 2 is 0.975 bits per heavy atom. The highest BCUT2D eigenvalue weighted by Gasteiger charge is 2.26. The van der Waals surface area contributed by atoms with Gasteiger partial charge in [0.2, 0.25) is 0 Å². The predicted octanol–water partition coefficient (Wildman–Crippen LogP) is 11.0. The Bertz CT molecular complexity index is 4520. The molecule has 8 aromatic rings. The van der Waals surface area contributed by atoms with Gasteiger partial charge >= 0.3 is 0 Å². The third kappa shape index (κ3) is 11.9. The molecule has 1 aromatic heterocycles. The minimum absolute atomic E-state index is 0.00718. The van der Waals surface area contributed by atoms with Crippen molar-refractivity contribution in [2.45, 2.75) is 47.3 Å². The fourth-order valence-electron chi connectivity index (χ4n) is 7.90. The summed E-state index contributed by atoms with van der Waals surface area (Å²) in [5, 5.41) is 57.7. The molecule has 7 aromatic carbocycles. The zero-order valence-corrected chi connectivity index (χ0v) is 45.2. The molecule has 0 amide bonds. The number of methoxy groups -OCH3 is 1. The van der Waals surface area contributed by atoms with E-state index < -0.39 is 94.2 Å². The highest BCUT2D eigenvalue weighted by atomic mass is 32.2. The lowest BCUT2D eigenvalue weighted by Gasteiger charge is -2.13. The van der Waals surface area contributed by atoms with E-state index in [0.717, 1.165) is 35.0 Å². The van der Waals surface area contributed by atoms with E-state index in [4.69, 9.17) is 14.2 Å². The minimum atomic E-state index is -5.16. The summed E-state index contributed by atoms with van der Waals surface area (Å²) in [6, 6.07) is 19.7. The Morgan fingerprint density at radius 1 is 0.500 bits per heavy atom. The second-order valence-electron chi connectivity index (χ2n) is 16.8. The van der Waals surface area contributed by atoms with Crippen molar-refractivity contribution in [3.8, 4) is 34.4 Å². The minimum Gasteiger partial charge on any atom is -0.505 e.